The van der Waals surface area contributed by atoms with Gasteiger partial charge in [0.15, 0.2) is 15.7 Å². The van der Waals surface area contributed by atoms with E-state index in [1.54, 1.807) is 5.38 Å². The van der Waals surface area contributed by atoms with Crippen LogP contribution in [0.4, 0.5) is 11.8 Å². The van der Waals surface area contributed by atoms with Gasteiger partial charge in [-0.05, 0) is 31.9 Å². The second-order valence-corrected chi connectivity index (χ2v) is 12.3. The van der Waals surface area contributed by atoms with Gasteiger partial charge in [-0.25, -0.2) is 23.0 Å². The van der Waals surface area contributed by atoms with Crippen molar-refractivity contribution in [2.24, 2.45) is 0 Å². The van der Waals surface area contributed by atoms with E-state index in [1.807, 2.05) is 35.9 Å². The molecule has 4 heterocycles. The van der Waals surface area contributed by atoms with Gasteiger partial charge in [0.1, 0.15) is 10.4 Å². The second-order valence-electron chi connectivity index (χ2n) is 9.20. The summed E-state index contributed by atoms with van der Waals surface area (Å²) in [7, 11) is -1.68. The Morgan fingerprint density at radius 1 is 1.14 bits per heavy atom. The van der Waals surface area contributed by atoms with Crippen LogP contribution < -0.4 is 10.2 Å². The summed E-state index contributed by atoms with van der Waals surface area (Å²) in [6, 6.07) is 7.91. The minimum atomic E-state index is -3.49. The van der Waals surface area contributed by atoms with E-state index in [1.165, 1.54) is 11.3 Å². The summed E-state index contributed by atoms with van der Waals surface area (Å²) in [6.45, 7) is 3.97. The molecule has 1 aromatic carbocycles. The molecule has 1 aliphatic carbocycles. The van der Waals surface area contributed by atoms with Gasteiger partial charge in [-0.15, -0.1) is 11.3 Å². The van der Waals surface area contributed by atoms with Crippen molar-refractivity contribution in [1.29, 1.82) is 0 Å². The Hall–Kier alpha value is -2.76. The van der Waals surface area contributed by atoms with E-state index >= 15 is 0 Å². The fraction of sp³-hybridized carbons (Fsp3) is 0.458. The Bertz CT molecular complexity index is 1510. The van der Waals surface area contributed by atoms with E-state index in [4.69, 9.17) is 14.7 Å². The molecular weight excluding hydrogens is 484 g/mol. The fourth-order valence-electron chi connectivity index (χ4n) is 5.18. The molecule has 0 spiro atoms. The van der Waals surface area contributed by atoms with Gasteiger partial charge in [-0.2, -0.15) is 4.98 Å². The van der Waals surface area contributed by atoms with Crippen LogP contribution in [0.5, 0.6) is 0 Å². The maximum Gasteiger partial charge on any atom is 0.239 e. The predicted octanol–water partition coefficient (Wildman–Crippen LogP) is 4.01. The Balaban J connectivity index is 1.63. The third-order valence-corrected chi connectivity index (χ3v) is 10.4. The number of para-hydroxylation sites is 2. The zero-order valence-electron chi connectivity index (χ0n) is 19.8. The van der Waals surface area contributed by atoms with Crippen molar-refractivity contribution in [2.75, 3.05) is 37.0 Å². The monoisotopic (exact) mass is 512 g/mol. The Kier molecular flexibility index (Phi) is 5.65. The second kappa shape index (κ2) is 8.72. The topological polar surface area (TPSA) is 102 Å². The van der Waals surface area contributed by atoms with Crippen molar-refractivity contribution in [3.05, 3.63) is 29.6 Å². The van der Waals surface area contributed by atoms with Gasteiger partial charge in [-0.1, -0.05) is 25.0 Å². The molecule has 0 amide bonds. The molecule has 1 N–H and O–H groups in total. The number of nitrogens with one attached hydrogen (secondary N) is 1. The number of fused-ring (bicyclic) bond motifs is 2. The highest BCUT2D eigenvalue weighted by Gasteiger charge is 2.35. The molecule has 1 atom stereocenters. The SMILES string of the molecule is CNc1nc2ccccc2n1-c1nc(N2CCOC[C@H]2C)c2scc(S(=O)(=O)C3CCCC3)c2n1. The molecule has 6 rings (SSSR count). The van der Waals surface area contributed by atoms with Crippen LogP contribution in [0.15, 0.2) is 34.5 Å². The van der Waals surface area contributed by atoms with Gasteiger partial charge < -0.3 is 15.0 Å². The first-order chi connectivity index (χ1) is 17.0. The number of morpholine rings is 1. The number of hydrogen-bond donors (Lipinski definition) is 1. The molecule has 2 fully saturated rings. The maximum absolute atomic E-state index is 13.7. The molecule has 1 saturated carbocycles. The summed E-state index contributed by atoms with van der Waals surface area (Å²) in [5, 5.41) is 4.56. The normalized spacial score (nSPS) is 19.7. The number of benzene rings is 1. The molecule has 0 radical (unpaired) electrons. The van der Waals surface area contributed by atoms with E-state index in [0.29, 0.717) is 54.9 Å². The molecule has 2 aliphatic rings. The van der Waals surface area contributed by atoms with Crippen LogP contribution >= 0.6 is 11.3 Å². The van der Waals surface area contributed by atoms with Crippen LogP contribution in [0.1, 0.15) is 32.6 Å². The lowest BCUT2D eigenvalue weighted by molar-refractivity contribution is 0.0987. The number of hydrogen-bond acceptors (Lipinski definition) is 9. The largest absolute Gasteiger partial charge is 0.377 e. The summed E-state index contributed by atoms with van der Waals surface area (Å²) >= 11 is 1.41. The van der Waals surface area contributed by atoms with Crippen molar-refractivity contribution in [3.8, 4) is 5.95 Å². The van der Waals surface area contributed by atoms with E-state index in [-0.39, 0.29) is 11.3 Å². The molecule has 3 aromatic heterocycles. The molecule has 35 heavy (non-hydrogen) atoms. The lowest BCUT2D eigenvalue weighted by atomic mass is 10.2. The number of rotatable bonds is 5. The van der Waals surface area contributed by atoms with Gasteiger partial charge >= 0.3 is 0 Å². The van der Waals surface area contributed by atoms with Crippen molar-refractivity contribution in [1.82, 2.24) is 19.5 Å². The van der Waals surface area contributed by atoms with Crippen molar-refractivity contribution in [3.63, 3.8) is 0 Å². The molecule has 0 bridgehead atoms. The molecule has 9 nitrogen and oxygen atoms in total. The zero-order valence-corrected chi connectivity index (χ0v) is 21.4. The molecule has 184 valence electrons. The lowest BCUT2D eigenvalue weighted by Gasteiger charge is -2.34. The van der Waals surface area contributed by atoms with Crippen molar-refractivity contribution in [2.45, 2.75) is 48.8 Å². The minimum absolute atomic E-state index is 0.106. The van der Waals surface area contributed by atoms with Gasteiger partial charge in [0.2, 0.25) is 11.9 Å². The number of sulfone groups is 1. The number of imidazole rings is 1. The summed E-state index contributed by atoms with van der Waals surface area (Å²) < 4.78 is 35.7. The lowest BCUT2D eigenvalue weighted by Crippen LogP contribution is -2.44. The van der Waals surface area contributed by atoms with E-state index < -0.39 is 9.84 Å². The van der Waals surface area contributed by atoms with Gasteiger partial charge in [-0.3, -0.25) is 0 Å². The molecule has 4 aromatic rings. The smallest absolute Gasteiger partial charge is 0.239 e. The predicted molar refractivity (Wildman–Crippen MR) is 139 cm³/mol. The average molecular weight is 513 g/mol. The van der Waals surface area contributed by atoms with E-state index in [2.05, 4.69) is 22.1 Å². The number of thiophene rings is 1. The number of anilines is 2. The first kappa shape index (κ1) is 22.7. The summed E-state index contributed by atoms with van der Waals surface area (Å²) in [5.41, 5.74) is 2.17. The minimum Gasteiger partial charge on any atom is -0.377 e. The van der Waals surface area contributed by atoms with Crippen molar-refractivity contribution < 1.29 is 13.2 Å². The quantitative estimate of drug-likeness (QED) is 0.428. The first-order valence-corrected chi connectivity index (χ1v) is 14.4. The highest BCUT2D eigenvalue weighted by molar-refractivity contribution is 7.92. The molecule has 0 unspecified atom stereocenters. The molecule has 1 aliphatic heterocycles. The van der Waals surface area contributed by atoms with Gasteiger partial charge in [0.05, 0.1) is 40.2 Å². The van der Waals surface area contributed by atoms with Crippen LogP contribution in [0.3, 0.4) is 0 Å². The van der Waals surface area contributed by atoms with Crippen LogP contribution in [0.2, 0.25) is 0 Å². The number of nitrogens with zero attached hydrogens (tertiary/aromatic N) is 5. The van der Waals surface area contributed by atoms with Gasteiger partial charge in [0.25, 0.3) is 0 Å². The Morgan fingerprint density at radius 2 is 1.94 bits per heavy atom. The van der Waals surface area contributed by atoms with Crippen LogP contribution in [0.25, 0.3) is 27.2 Å². The van der Waals surface area contributed by atoms with Crippen LogP contribution in [0, 0.1) is 0 Å². The fourth-order valence-corrected chi connectivity index (χ4v) is 8.53. The van der Waals surface area contributed by atoms with Crippen molar-refractivity contribution >= 4 is 54.2 Å². The molecule has 11 heteroatoms. The zero-order chi connectivity index (χ0) is 24.2. The standard InChI is InChI=1S/C24H28N6O3S2/c1-15-13-33-12-11-29(15)22-21-20(19(14-34-21)35(31,32)16-7-3-4-8-16)27-24(28-22)30-18-10-6-5-9-17(18)26-23(30)25-2/h5-6,9-10,14-16H,3-4,7-8,11-13H2,1-2H3,(H,25,26)/t15-/m1/s1. The average Bonchev–Trinajstić information content (AvgIpc) is 3.62. The third kappa shape index (κ3) is 3.68. The summed E-state index contributed by atoms with van der Waals surface area (Å²) in [5.74, 6) is 1.76. The molecular formula is C24H28N6O3S2. The van der Waals surface area contributed by atoms with Crippen LogP contribution in [-0.2, 0) is 14.6 Å². The highest BCUT2D eigenvalue weighted by Crippen LogP contribution is 2.40. The van der Waals surface area contributed by atoms with Crippen LogP contribution in [-0.4, -0.2) is 66.0 Å². The number of ether oxygens (including phenoxy) is 1. The van der Waals surface area contributed by atoms with E-state index in [0.717, 1.165) is 34.4 Å². The van der Waals surface area contributed by atoms with E-state index in [9.17, 15) is 8.42 Å². The van der Waals surface area contributed by atoms with Gasteiger partial charge in [0, 0.05) is 19.0 Å². The summed E-state index contributed by atoms with van der Waals surface area (Å²) in [6.07, 6.45) is 3.33. The maximum atomic E-state index is 13.7. The Morgan fingerprint density at radius 3 is 2.71 bits per heavy atom. The Labute approximate surface area is 208 Å². The molecule has 1 saturated heterocycles. The third-order valence-electron chi connectivity index (χ3n) is 7.02. The first-order valence-electron chi connectivity index (χ1n) is 12.0. The highest BCUT2D eigenvalue weighted by atomic mass is 32.2. The summed E-state index contributed by atoms with van der Waals surface area (Å²) in [4.78, 5) is 17.1. The number of aromatic nitrogens is 4.